The first-order chi connectivity index (χ1) is 18.4. The van der Waals surface area contributed by atoms with Gasteiger partial charge in [0.1, 0.15) is 40.5 Å². The molecule has 0 aromatic heterocycles. The van der Waals surface area contributed by atoms with Gasteiger partial charge >= 0.3 is 5.97 Å². The van der Waals surface area contributed by atoms with Gasteiger partial charge in [0.2, 0.25) is 5.88 Å². The number of carbonyl (C=O) groups excluding carboxylic acids is 1. The maximum Gasteiger partial charge on any atom is 0.352 e. The van der Waals surface area contributed by atoms with Crippen LogP contribution in [0.3, 0.4) is 0 Å². The van der Waals surface area contributed by atoms with E-state index in [1.165, 1.54) is 31.2 Å². The van der Waals surface area contributed by atoms with Crippen LogP contribution in [0.25, 0.3) is 0 Å². The number of nitrogens with zero attached hydrogens (tertiary/aromatic N) is 1. The number of esters is 1. The third-order valence-corrected chi connectivity index (χ3v) is 6.08. The molecule has 4 rings (SSSR count). The van der Waals surface area contributed by atoms with E-state index in [1.807, 2.05) is 24.3 Å². The van der Waals surface area contributed by atoms with Crippen molar-refractivity contribution in [2.45, 2.75) is 45.1 Å². The SMILES string of the molecule is CCCCCOc1cccc(C2C(C#N)=C(N)Oc3cc(OC(=O)C(C)Oc4ccc(F)cc4)ccc32)c1. The molecule has 0 saturated heterocycles. The molecule has 7 nitrogen and oxygen atoms in total. The van der Waals surface area contributed by atoms with Crippen molar-refractivity contribution in [3.8, 4) is 29.1 Å². The van der Waals surface area contributed by atoms with E-state index in [1.54, 1.807) is 18.2 Å². The second kappa shape index (κ2) is 12.2. The van der Waals surface area contributed by atoms with Crippen molar-refractivity contribution in [3.63, 3.8) is 0 Å². The predicted octanol–water partition coefficient (Wildman–Crippen LogP) is 5.99. The summed E-state index contributed by atoms with van der Waals surface area (Å²) in [6.45, 7) is 4.29. The summed E-state index contributed by atoms with van der Waals surface area (Å²) in [5.41, 5.74) is 7.94. The van der Waals surface area contributed by atoms with Gasteiger partial charge < -0.3 is 24.7 Å². The molecule has 3 aromatic carbocycles. The molecular formula is C30H29FN2O5. The van der Waals surface area contributed by atoms with Crippen molar-refractivity contribution in [3.05, 3.63) is 95.1 Å². The van der Waals surface area contributed by atoms with Crippen LogP contribution in [0.1, 0.15) is 50.2 Å². The van der Waals surface area contributed by atoms with Gasteiger partial charge in [0.05, 0.1) is 12.5 Å². The fourth-order valence-electron chi connectivity index (χ4n) is 4.13. The molecule has 2 unspecified atom stereocenters. The molecule has 38 heavy (non-hydrogen) atoms. The summed E-state index contributed by atoms with van der Waals surface area (Å²) >= 11 is 0. The second-order valence-electron chi connectivity index (χ2n) is 8.89. The van der Waals surface area contributed by atoms with Gasteiger partial charge in [0, 0.05) is 11.6 Å². The lowest BCUT2D eigenvalue weighted by atomic mass is 9.83. The minimum Gasteiger partial charge on any atom is -0.494 e. The van der Waals surface area contributed by atoms with Crippen LogP contribution in [-0.2, 0) is 4.79 Å². The van der Waals surface area contributed by atoms with E-state index in [9.17, 15) is 14.4 Å². The average Bonchev–Trinajstić information content (AvgIpc) is 2.91. The zero-order valence-electron chi connectivity index (χ0n) is 21.3. The summed E-state index contributed by atoms with van der Waals surface area (Å²) in [7, 11) is 0. The van der Waals surface area contributed by atoms with Crippen molar-refractivity contribution in [1.29, 1.82) is 5.26 Å². The molecule has 0 amide bonds. The van der Waals surface area contributed by atoms with Gasteiger partial charge in [-0.3, -0.25) is 0 Å². The van der Waals surface area contributed by atoms with Crippen LogP contribution >= 0.6 is 0 Å². The average molecular weight is 517 g/mol. The molecule has 3 aromatic rings. The number of ether oxygens (including phenoxy) is 4. The summed E-state index contributed by atoms with van der Waals surface area (Å²) in [5.74, 6) is 0.106. The van der Waals surface area contributed by atoms with Crippen molar-refractivity contribution < 1.29 is 28.1 Å². The molecule has 1 heterocycles. The van der Waals surface area contributed by atoms with Crippen LogP contribution in [0, 0.1) is 17.1 Å². The minimum absolute atomic E-state index is 0.0178. The molecular weight excluding hydrogens is 487 g/mol. The third kappa shape index (κ3) is 6.24. The number of nitriles is 1. The molecule has 0 fully saturated rings. The highest BCUT2D eigenvalue weighted by Crippen LogP contribution is 2.44. The standard InChI is InChI=1S/C30H29FN2O5/c1-3-4-5-15-35-23-8-6-7-20(16-23)28-25-14-13-24(17-27(25)38-29(33)26(28)18-32)37-30(34)19(2)36-22-11-9-21(31)10-12-22/h6-14,16-17,19,28H,3-5,15,33H2,1-2H3. The van der Waals surface area contributed by atoms with Gasteiger partial charge in [0.15, 0.2) is 6.10 Å². The molecule has 8 heteroatoms. The van der Waals surface area contributed by atoms with E-state index in [4.69, 9.17) is 24.7 Å². The zero-order valence-corrected chi connectivity index (χ0v) is 21.3. The highest BCUT2D eigenvalue weighted by molar-refractivity contribution is 5.77. The smallest absolute Gasteiger partial charge is 0.352 e. The number of benzene rings is 3. The van der Waals surface area contributed by atoms with Crippen LogP contribution in [0.15, 0.2) is 78.2 Å². The molecule has 0 aliphatic carbocycles. The molecule has 0 bridgehead atoms. The van der Waals surface area contributed by atoms with Crippen LogP contribution in [0.2, 0.25) is 0 Å². The highest BCUT2D eigenvalue weighted by atomic mass is 19.1. The number of hydrogen-bond donors (Lipinski definition) is 1. The maximum atomic E-state index is 13.1. The first-order valence-corrected chi connectivity index (χ1v) is 12.5. The van der Waals surface area contributed by atoms with Crippen molar-refractivity contribution >= 4 is 5.97 Å². The molecule has 196 valence electrons. The Morgan fingerprint density at radius 2 is 1.84 bits per heavy atom. The van der Waals surface area contributed by atoms with E-state index < -0.39 is 23.8 Å². The Labute approximate surface area is 221 Å². The van der Waals surface area contributed by atoms with Crippen LogP contribution in [-0.4, -0.2) is 18.7 Å². The van der Waals surface area contributed by atoms with Crippen LogP contribution < -0.4 is 24.7 Å². The van der Waals surface area contributed by atoms with Gasteiger partial charge in [-0.1, -0.05) is 38.0 Å². The fraction of sp³-hybridized carbons (Fsp3) is 0.267. The van der Waals surface area contributed by atoms with E-state index in [0.717, 1.165) is 24.8 Å². The van der Waals surface area contributed by atoms with E-state index >= 15 is 0 Å². The lowest BCUT2D eigenvalue weighted by Gasteiger charge is -2.27. The summed E-state index contributed by atoms with van der Waals surface area (Å²) in [6.07, 6.45) is 2.22. The first-order valence-electron chi connectivity index (χ1n) is 12.5. The number of unbranched alkanes of at least 4 members (excludes halogenated alkanes) is 2. The van der Waals surface area contributed by atoms with Crippen LogP contribution in [0.4, 0.5) is 4.39 Å². The topological polar surface area (TPSA) is 104 Å². The number of carbonyl (C=O) groups is 1. The van der Waals surface area contributed by atoms with Crippen LogP contribution in [0.5, 0.6) is 23.0 Å². The monoisotopic (exact) mass is 516 g/mol. The van der Waals surface area contributed by atoms with Gasteiger partial charge in [-0.05, 0) is 61.4 Å². The molecule has 2 N–H and O–H groups in total. The Kier molecular flexibility index (Phi) is 8.49. The lowest BCUT2D eigenvalue weighted by molar-refractivity contribution is -0.141. The number of fused-ring (bicyclic) bond motifs is 1. The Balaban J connectivity index is 1.53. The highest BCUT2D eigenvalue weighted by Gasteiger charge is 2.31. The zero-order chi connectivity index (χ0) is 27.1. The third-order valence-electron chi connectivity index (χ3n) is 6.08. The van der Waals surface area contributed by atoms with Crippen molar-refractivity contribution in [2.24, 2.45) is 5.73 Å². The predicted molar refractivity (Wildman–Crippen MR) is 139 cm³/mol. The number of allylic oxidation sites excluding steroid dienone is 1. The number of nitrogens with two attached hydrogens (primary N) is 1. The van der Waals surface area contributed by atoms with Gasteiger partial charge in [-0.15, -0.1) is 0 Å². The Hall–Kier alpha value is -4.51. The Morgan fingerprint density at radius 1 is 1.08 bits per heavy atom. The molecule has 0 saturated carbocycles. The minimum atomic E-state index is -0.944. The maximum absolute atomic E-state index is 13.1. The molecule has 0 spiro atoms. The molecule has 2 atom stereocenters. The largest absolute Gasteiger partial charge is 0.494 e. The Bertz CT molecular complexity index is 1360. The van der Waals surface area contributed by atoms with Crippen molar-refractivity contribution in [2.75, 3.05) is 6.61 Å². The first kappa shape index (κ1) is 26.6. The second-order valence-corrected chi connectivity index (χ2v) is 8.89. The summed E-state index contributed by atoms with van der Waals surface area (Å²) in [5, 5.41) is 9.86. The Morgan fingerprint density at radius 3 is 2.58 bits per heavy atom. The lowest BCUT2D eigenvalue weighted by Crippen LogP contribution is -2.28. The van der Waals surface area contributed by atoms with Gasteiger partial charge in [-0.2, -0.15) is 5.26 Å². The van der Waals surface area contributed by atoms with Gasteiger partial charge in [0.25, 0.3) is 0 Å². The number of hydrogen-bond acceptors (Lipinski definition) is 7. The van der Waals surface area contributed by atoms with Gasteiger partial charge in [-0.25, -0.2) is 9.18 Å². The van der Waals surface area contributed by atoms with E-state index in [0.29, 0.717) is 29.4 Å². The summed E-state index contributed by atoms with van der Waals surface area (Å²) in [4.78, 5) is 12.6. The molecule has 1 aliphatic heterocycles. The number of halogens is 1. The molecule has 1 aliphatic rings. The van der Waals surface area contributed by atoms with E-state index in [2.05, 4.69) is 13.0 Å². The van der Waals surface area contributed by atoms with Crippen molar-refractivity contribution in [1.82, 2.24) is 0 Å². The molecule has 0 radical (unpaired) electrons. The normalized spacial score (nSPS) is 15.1. The number of rotatable bonds is 10. The quantitative estimate of drug-likeness (QED) is 0.201. The summed E-state index contributed by atoms with van der Waals surface area (Å²) in [6, 6.07) is 20.0. The summed E-state index contributed by atoms with van der Waals surface area (Å²) < 4.78 is 35.8. The van der Waals surface area contributed by atoms with E-state index in [-0.39, 0.29) is 17.2 Å². The fourth-order valence-corrected chi connectivity index (χ4v) is 4.13.